The van der Waals surface area contributed by atoms with Gasteiger partial charge in [0.05, 0.1) is 23.9 Å². The largest absolute Gasteiger partial charge is 0.360 e. The molecule has 3 aromatic rings. The number of benzene rings is 2. The van der Waals surface area contributed by atoms with Crippen molar-refractivity contribution < 1.29 is 4.39 Å². The Bertz CT molecular complexity index is 926. The van der Waals surface area contributed by atoms with Gasteiger partial charge in [0, 0.05) is 18.7 Å². The van der Waals surface area contributed by atoms with E-state index in [0.29, 0.717) is 30.9 Å². The normalized spacial score (nSPS) is 13.4. The van der Waals surface area contributed by atoms with Crippen molar-refractivity contribution >= 4 is 5.69 Å². The zero-order valence-corrected chi connectivity index (χ0v) is 12.9. The first-order chi connectivity index (χ1) is 11.8. The predicted molar refractivity (Wildman–Crippen MR) is 87.6 cm³/mol. The predicted octanol–water partition coefficient (Wildman–Crippen LogP) is 2.98. The summed E-state index contributed by atoms with van der Waals surface area (Å²) in [5.41, 5.74) is 1.83. The van der Waals surface area contributed by atoms with Gasteiger partial charge in [-0.3, -0.25) is 0 Å². The molecule has 0 radical (unpaired) electrons. The van der Waals surface area contributed by atoms with Crippen molar-refractivity contribution in [3.63, 3.8) is 0 Å². The Morgan fingerprint density at radius 3 is 2.62 bits per heavy atom. The highest BCUT2D eigenvalue weighted by atomic mass is 19.1. The van der Waals surface area contributed by atoms with E-state index in [2.05, 4.69) is 14.8 Å². The molecule has 5 nitrogen and oxygen atoms in total. The van der Waals surface area contributed by atoms with Crippen LogP contribution in [0.1, 0.15) is 11.4 Å². The molecule has 0 saturated heterocycles. The quantitative estimate of drug-likeness (QED) is 0.728. The molecule has 0 atom stereocenters. The molecule has 0 fully saturated rings. The fourth-order valence-corrected chi connectivity index (χ4v) is 3.00. The Morgan fingerprint density at radius 1 is 1.04 bits per heavy atom. The molecule has 2 aromatic carbocycles. The molecule has 4 rings (SSSR count). The average molecular weight is 319 g/mol. The van der Waals surface area contributed by atoms with E-state index >= 15 is 0 Å². The number of halogens is 1. The minimum absolute atomic E-state index is 0.322. The maximum absolute atomic E-state index is 14.2. The Morgan fingerprint density at radius 2 is 1.88 bits per heavy atom. The number of nitrogens with zero attached hydrogens (tertiary/aromatic N) is 5. The summed E-state index contributed by atoms with van der Waals surface area (Å²) in [4.78, 5) is 1.93. The number of rotatable bonds is 2. The van der Waals surface area contributed by atoms with Gasteiger partial charge in [0.1, 0.15) is 5.82 Å². The van der Waals surface area contributed by atoms with Gasteiger partial charge in [-0.1, -0.05) is 30.3 Å². The highest BCUT2D eigenvalue weighted by molar-refractivity contribution is 5.56. The van der Waals surface area contributed by atoms with Crippen LogP contribution in [-0.2, 0) is 13.1 Å². The van der Waals surface area contributed by atoms with Gasteiger partial charge >= 0.3 is 0 Å². The first-order valence-corrected chi connectivity index (χ1v) is 7.68. The summed E-state index contributed by atoms with van der Waals surface area (Å²) in [6.45, 7) is 1.84. The summed E-state index contributed by atoms with van der Waals surface area (Å²) in [5, 5.41) is 17.4. The van der Waals surface area contributed by atoms with Crippen LogP contribution in [0.4, 0.5) is 10.1 Å². The fraction of sp³-hybridized carbons (Fsp3) is 0.167. The molecule has 0 spiro atoms. The number of hydrogen-bond donors (Lipinski definition) is 0. The van der Waals surface area contributed by atoms with Crippen LogP contribution in [0.25, 0.3) is 11.4 Å². The summed E-state index contributed by atoms with van der Waals surface area (Å²) in [5.74, 6) is 1.26. The number of fused-ring (bicyclic) bond motifs is 1. The Kier molecular flexibility index (Phi) is 3.47. The van der Waals surface area contributed by atoms with E-state index in [4.69, 9.17) is 5.26 Å². The van der Waals surface area contributed by atoms with E-state index in [-0.39, 0.29) is 5.82 Å². The molecule has 0 bridgehead atoms. The second-order valence-electron chi connectivity index (χ2n) is 5.66. The van der Waals surface area contributed by atoms with Crippen molar-refractivity contribution in [1.82, 2.24) is 14.8 Å². The van der Waals surface area contributed by atoms with Crippen molar-refractivity contribution in [2.45, 2.75) is 13.1 Å². The zero-order valence-electron chi connectivity index (χ0n) is 12.9. The molecule has 2 heterocycles. The zero-order chi connectivity index (χ0) is 16.5. The van der Waals surface area contributed by atoms with Gasteiger partial charge in [-0.05, 0) is 18.2 Å². The molecule has 1 aliphatic rings. The second-order valence-corrected chi connectivity index (χ2v) is 5.66. The lowest BCUT2D eigenvalue weighted by Gasteiger charge is -2.30. The number of anilines is 1. The van der Waals surface area contributed by atoms with Gasteiger partial charge in [0.25, 0.3) is 0 Å². The number of hydrogen-bond acceptors (Lipinski definition) is 4. The minimum Gasteiger partial charge on any atom is -0.360 e. The molecular formula is C18H14FN5. The Labute approximate surface area is 138 Å². The molecular weight excluding hydrogens is 305 g/mol. The van der Waals surface area contributed by atoms with Crippen LogP contribution in [0.3, 0.4) is 0 Å². The standard InChI is InChI=1S/C18H14FN5/c19-15-10-13(11-20)6-7-16(15)23-8-9-24-17(12-23)21-22-18(24)14-4-2-1-3-5-14/h1-7,10H,8-9,12H2. The van der Waals surface area contributed by atoms with E-state index in [1.165, 1.54) is 6.07 Å². The van der Waals surface area contributed by atoms with Crippen LogP contribution in [0.5, 0.6) is 0 Å². The van der Waals surface area contributed by atoms with E-state index in [0.717, 1.165) is 17.2 Å². The van der Waals surface area contributed by atoms with Crippen molar-refractivity contribution in [1.29, 1.82) is 5.26 Å². The topological polar surface area (TPSA) is 57.7 Å². The second kappa shape index (κ2) is 5.78. The first-order valence-electron chi connectivity index (χ1n) is 7.68. The summed E-state index contributed by atoms with van der Waals surface area (Å²) in [6.07, 6.45) is 0. The molecule has 1 aromatic heterocycles. The maximum Gasteiger partial charge on any atom is 0.164 e. The lowest BCUT2D eigenvalue weighted by Crippen LogP contribution is -2.34. The van der Waals surface area contributed by atoms with Gasteiger partial charge in [-0.15, -0.1) is 10.2 Å². The number of nitriles is 1. The van der Waals surface area contributed by atoms with Crippen LogP contribution in [-0.4, -0.2) is 21.3 Å². The minimum atomic E-state index is -0.384. The molecule has 0 unspecified atom stereocenters. The van der Waals surface area contributed by atoms with Gasteiger partial charge in [-0.25, -0.2) is 4.39 Å². The fourth-order valence-electron chi connectivity index (χ4n) is 3.00. The monoisotopic (exact) mass is 319 g/mol. The van der Waals surface area contributed by atoms with Gasteiger partial charge in [0.15, 0.2) is 11.6 Å². The highest BCUT2D eigenvalue weighted by Crippen LogP contribution is 2.27. The van der Waals surface area contributed by atoms with E-state index < -0.39 is 0 Å². The molecule has 0 amide bonds. The molecule has 0 saturated carbocycles. The number of aromatic nitrogens is 3. The Balaban J connectivity index is 1.64. The molecule has 24 heavy (non-hydrogen) atoms. The molecule has 0 aliphatic carbocycles. The first kappa shape index (κ1) is 14.4. The third kappa shape index (κ3) is 2.40. The molecule has 118 valence electrons. The maximum atomic E-state index is 14.2. The highest BCUT2D eigenvalue weighted by Gasteiger charge is 2.23. The van der Waals surface area contributed by atoms with Crippen LogP contribution in [0, 0.1) is 17.1 Å². The SMILES string of the molecule is N#Cc1ccc(N2CCn3c(nnc3-c3ccccc3)C2)c(F)c1. The third-order valence-electron chi connectivity index (χ3n) is 4.20. The van der Waals surface area contributed by atoms with Crippen LogP contribution in [0.2, 0.25) is 0 Å². The third-order valence-corrected chi connectivity index (χ3v) is 4.20. The molecule has 0 N–H and O–H groups in total. The summed E-state index contributed by atoms with van der Waals surface area (Å²) < 4.78 is 16.3. The van der Waals surface area contributed by atoms with Crippen LogP contribution >= 0.6 is 0 Å². The van der Waals surface area contributed by atoms with Crippen molar-refractivity contribution in [2.24, 2.45) is 0 Å². The summed E-state index contributed by atoms with van der Waals surface area (Å²) in [6, 6.07) is 16.4. The lowest BCUT2D eigenvalue weighted by atomic mass is 10.1. The van der Waals surface area contributed by atoms with Crippen molar-refractivity contribution in [2.75, 3.05) is 11.4 Å². The van der Waals surface area contributed by atoms with Gasteiger partial charge in [0.2, 0.25) is 0 Å². The summed E-state index contributed by atoms with van der Waals surface area (Å²) >= 11 is 0. The van der Waals surface area contributed by atoms with E-state index in [9.17, 15) is 4.39 Å². The van der Waals surface area contributed by atoms with Crippen LogP contribution in [0.15, 0.2) is 48.5 Å². The average Bonchev–Trinajstić information content (AvgIpc) is 3.05. The van der Waals surface area contributed by atoms with E-state index in [1.54, 1.807) is 12.1 Å². The van der Waals surface area contributed by atoms with E-state index in [1.807, 2.05) is 41.3 Å². The molecule has 6 heteroatoms. The van der Waals surface area contributed by atoms with Crippen molar-refractivity contribution in [3.05, 3.63) is 65.7 Å². The Hall–Kier alpha value is -3.20. The lowest BCUT2D eigenvalue weighted by molar-refractivity contribution is 0.546. The van der Waals surface area contributed by atoms with Crippen LogP contribution < -0.4 is 4.90 Å². The van der Waals surface area contributed by atoms with Gasteiger partial charge in [-0.2, -0.15) is 5.26 Å². The summed E-state index contributed by atoms with van der Waals surface area (Å²) in [7, 11) is 0. The smallest absolute Gasteiger partial charge is 0.164 e. The molecule has 1 aliphatic heterocycles. The van der Waals surface area contributed by atoms with Gasteiger partial charge < -0.3 is 9.47 Å². The van der Waals surface area contributed by atoms with Crippen molar-refractivity contribution in [3.8, 4) is 17.5 Å².